The van der Waals surface area contributed by atoms with Crippen LogP contribution in [0, 0.1) is 0 Å². The average molecular weight is 417 g/mol. The van der Waals surface area contributed by atoms with E-state index >= 15 is 0 Å². The van der Waals surface area contributed by atoms with Gasteiger partial charge in [0.2, 0.25) is 23.6 Å². The molecule has 0 aliphatic rings. The zero-order chi connectivity index (χ0) is 22.7. The van der Waals surface area contributed by atoms with Gasteiger partial charge in [-0.3, -0.25) is 28.8 Å². The van der Waals surface area contributed by atoms with Crippen LogP contribution in [-0.2, 0) is 28.8 Å². The zero-order valence-electron chi connectivity index (χ0n) is 16.1. The van der Waals surface area contributed by atoms with Crippen LogP contribution in [0.5, 0.6) is 0 Å². The number of primary amides is 1. The molecule has 4 atom stereocenters. The highest BCUT2D eigenvalue weighted by Crippen LogP contribution is 2.01. The molecular formula is C16H27N5O8. The van der Waals surface area contributed by atoms with Gasteiger partial charge in [0.1, 0.15) is 18.1 Å². The van der Waals surface area contributed by atoms with Crippen molar-refractivity contribution in [2.45, 2.75) is 63.7 Å². The van der Waals surface area contributed by atoms with Crippen molar-refractivity contribution in [2.75, 3.05) is 0 Å². The Hall–Kier alpha value is -3.22. The number of carbonyl (C=O) groups excluding carboxylic acids is 4. The van der Waals surface area contributed by atoms with Gasteiger partial charge in [-0.25, -0.2) is 0 Å². The van der Waals surface area contributed by atoms with Gasteiger partial charge >= 0.3 is 11.9 Å². The lowest BCUT2D eigenvalue weighted by Gasteiger charge is -2.22. The summed E-state index contributed by atoms with van der Waals surface area (Å²) in [5.74, 6) is -5.58. The second-order valence-corrected chi connectivity index (χ2v) is 6.40. The first-order valence-corrected chi connectivity index (χ1v) is 8.74. The molecule has 13 nitrogen and oxygen atoms in total. The first-order valence-electron chi connectivity index (χ1n) is 8.74. The largest absolute Gasteiger partial charge is 0.481 e. The molecule has 0 saturated carbocycles. The number of carboxylic acid groups (broad SMARTS) is 2. The molecule has 0 aromatic carbocycles. The Morgan fingerprint density at radius 3 is 1.83 bits per heavy atom. The maximum Gasteiger partial charge on any atom is 0.325 e. The molecule has 0 bridgehead atoms. The minimum absolute atomic E-state index is 0.0216. The Labute approximate surface area is 166 Å². The number of aliphatic carboxylic acids is 2. The van der Waals surface area contributed by atoms with E-state index in [2.05, 4.69) is 16.0 Å². The van der Waals surface area contributed by atoms with Gasteiger partial charge in [-0.2, -0.15) is 0 Å². The quantitative estimate of drug-likeness (QED) is 0.162. The van der Waals surface area contributed by atoms with Crippen molar-refractivity contribution in [1.82, 2.24) is 16.0 Å². The summed E-state index contributed by atoms with van der Waals surface area (Å²) in [7, 11) is 0. The minimum atomic E-state index is -1.33. The molecule has 0 radical (unpaired) electrons. The van der Waals surface area contributed by atoms with Crippen LogP contribution in [0.1, 0.15) is 39.5 Å². The van der Waals surface area contributed by atoms with E-state index in [1.807, 2.05) is 0 Å². The summed E-state index contributed by atoms with van der Waals surface area (Å²) in [6.07, 6.45) is -0.892. The lowest BCUT2D eigenvalue weighted by molar-refractivity contribution is -0.142. The van der Waals surface area contributed by atoms with Crippen molar-refractivity contribution < 1.29 is 39.0 Å². The Morgan fingerprint density at radius 1 is 0.793 bits per heavy atom. The number of nitrogens with two attached hydrogens (primary N) is 2. The fourth-order valence-corrected chi connectivity index (χ4v) is 2.02. The van der Waals surface area contributed by atoms with Crippen LogP contribution in [-0.4, -0.2) is 69.9 Å². The molecule has 0 rings (SSSR count). The monoisotopic (exact) mass is 417 g/mol. The third-order valence-corrected chi connectivity index (χ3v) is 3.80. The van der Waals surface area contributed by atoms with Crippen LogP contribution in [0.3, 0.4) is 0 Å². The second-order valence-electron chi connectivity index (χ2n) is 6.40. The van der Waals surface area contributed by atoms with Gasteiger partial charge in [-0.1, -0.05) is 0 Å². The van der Waals surface area contributed by atoms with Gasteiger partial charge in [-0.15, -0.1) is 0 Å². The van der Waals surface area contributed by atoms with Gasteiger partial charge in [0.25, 0.3) is 0 Å². The van der Waals surface area contributed by atoms with Crippen molar-refractivity contribution in [3.05, 3.63) is 0 Å². The molecule has 0 aromatic rings. The number of hydrogen-bond acceptors (Lipinski definition) is 7. The van der Waals surface area contributed by atoms with Crippen molar-refractivity contribution in [2.24, 2.45) is 11.5 Å². The summed E-state index contributed by atoms with van der Waals surface area (Å²) >= 11 is 0. The van der Waals surface area contributed by atoms with Gasteiger partial charge in [-0.05, 0) is 26.7 Å². The van der Waals surface area contributed by atoms with E-state index < -0.39 is 66.2 Å². The number of carbonyl (C=O) groups is 6. The topological polar surface area (TPSA) is 231 Å². The summed E-state index contributed by atoms with van der Waals surface area (Å²) in [4.78, 5) is 68.7. The normalized spacial score (nSPS) is 14.6. The van der Waals surface area contributed by atoms with E-state index in [0.717, 1.165) is 0 Å². The molecule has 9 N–H and O–H groups in total. The van der Waals surface area contributed by atoms with Gasteiger partial charge < -0.3 is 37.6 Å². The summed E-state index contributed by atoms with van der Waals surface area (Å²) in [5.41, 5.74) is 10.6. The summed E-state index contributed by atoms with van der Waals surface area (Å²) in [5, 5.41) is 24.3. The first kappa shape index (κ1) is 25.8. The van der Waals surface area contributed by atoms with Crippen LogP contribution in [0.15, 0.2) is 0 Å². The molecule has 0 aliphatic carbocycles. The van der Waals surface area contributed by atoms with E-state index in [1.54, 1.807) is 0 Å². The summed E-state index contributed by atoms with van der Waals surface area (Å²) in [6, 6.07) is -4.81. The molecule has 0 saturated heterocycles. The van der Waals surface area contributed by atoms with Crippen LogP contribution in [0.4, 0.5) is 0 Å². The van der Waals surface area contributed by atoms with E-state index in [1.165, 1.54) is 13.8 Å². The van der Waals surface area contributed by atoms with E-state index in [0.29, 0.717) is 0 Å². The van der Waals surface area contributed by atoms with E-state index in [4.69, 9.17) is 21.7 Å². The van der Waals surface area contributed by atoms with E-state index in [9.17, 15) is 28.8 Å². The molecule has 0 fully saturated rings. The first-order chi connectivity index (χ1) is 13.3. The molecule has 4 amide bonds. The fraction of sp³-hybridized carbons (Fsp3) is 0.625. The number of amides is 4. The van der Waals surface area contributed by atoms with Crippen molar-refractivity contribution in [1.29, 1.82) is 0 Å². The van der Waals surface area contributed by atoms with E-state index in [-0.39, 0.29) is 19.3 Å². The number of rotatable bonds is 13. The molecule has 29 heavy (non-hydrogen) atoms. The van der Waals surface area contributed by atoms with Gasteiger partial charge in [0, 0.05) is 12.8 Å². The lowest BCUT2D eigenvalue weighted by atomic mass is 10.1. The smallest absolute Gasteiger partial charge is 0.325 e. The average Bonchev–Trinajstić information content (AvgIpc) is 2.61. The Kier molecular flexibility index (Phi) is 10.9. The highest BCUT2D eigenvalue weighted by molar-refractivity contribution is 5.94. The molecule has 13 heteroatoms. The molecule has 0 aromatic heterocycles. The molecule has 164 valence electrons. The maximum absolute atomic E-state index is 12.3. The third kappa shape index (κ3) is 10.6. The Balaban J connectivity index is 4.93. The van der Waals surface area contributed by atoms with Crippen molar-refractivity contribution >= 4 is 35.6 Å². The Bertz CT molecular complexity index is 653. The minimum Gasteiger partial charge on any atom is -0.481 e. The lowest BCUT2D eigenvalue weighted by Crippen LogP contribution is -2.56. The molecular weight excluding hydrogens is 390 g/mol. The predicted molar refractivity (Wildman–Crippen MR) is 98.0 cm³/mol. The number of nitrogens with one attached hydrogen (secondary N) is 3. The standard InChI is InChI=1S/C16H27N5O8/c1-7(19-14(26)9(17)3-5-11(18)22)13(25)21-10(4-6-12(23)24)15(27)20-8(2)16(28)29/h7-10H,3-6,17H2,1-2H3,(H2,18,22)(H,19,26)(H,20,27)(H,21,25)(H,23,24)(H,28,29). The second kappa shape index (κ2) is 12.3. The van der Waals surface area contributed by atoms with Gasteiger partial charge in [0.05, 0.1) is 6.04 Å². The number of carboxylic acids is 2. The molecule has 0 heterocycles. The zero-order valence-corrected chi connectivity index (χ0v) is 16.1. The third-order valence-electron chi connectivity index (χ3n) is 3.80. The Morgan fingerprint density at radius 2 is 1.34 bits per heavy atom. The van der Waals surface area contributed by atoms with Crippen molar-refractivity contribution in [3.8, 4) is 0 Å². The van der Waals surface area contributed by atoms with Crippen LogP contribution < -0.4 is 27.4 Å². The highest BCUT2D eigenvalue weighted by Gasteiger charge is 2.27. The van der Waals surface area contributed by atoms with Gasteiger partial charge in [0.15, 0.2) is 0 Å². The fourth-order valence-electron chi connectivity index (χ4n) is 2.02. The van der Waals surface area contributed by atoms with Crippen LogP contribution in [0.25, 0.3) is 0 Å². The highest BCUT2D eigenvalue weighted by atomic mass is 16.4. The molecule has 0 spiro atoms. The SMILES string of the molecule is CC(NC(=O)C(CCC(=O)O)NC(=O)C(C)NC(=O)C(N)CCC(N)=O)C(=O)O. The molecule has 0 aliphatic heterocycles. The van der Waals surface area contributed by atoms with Crippen LogP contribution >= 0.6 is 0 Å². The molecule has 4 unspecified atom stereocenters. The van der Waals surface area contributed by atoms with Crippen LogP contribution in [0.2, 0.25) is 0 Å². The maximum atomic E-state index is 12.3. The summed E-state index contributed by atoms with van der Waals surface area (Å²) in [6.45, 7) is 2.51. The number of hydrogen-bond donors (Lipinski definition) is 7. The predicted octanol–water partition coefficient (Wildman–Crippen LogP) is -2.98. The summed E-state index contributed by atoms with van der Waals surface area (Å²) < 4.78 is 0. The van der Waals surface area contributed by atoms with Crippen molar-refractivity contribution in [3.63, 3.8) is 0 Å².